The Morgan fingerprint density at radius 3 is 2.71 bits per heavy atom. The number of nitrogens with two attached hydrogens (primary N) is 2. The van der Waals surface area contributed by atoms with E-state index in [0.29, 0.717) is 12.4 Å². The van der Waals surface area contributed by atoms with E-state index in [9.17, 15) is 0 Å². The molecule has 0 saturated heterocycles. The number of nitrogen functional groups attached to an aromatic ring is 2. The fourth-order valence-electron chi connectivity index (χ4n) is 3.20. The second-order valence-electron chi connectivity index (χ2n) is 6.99. The van der Waals surface area contributed by atoms with Gasteiger partial charge in [0.25, 0.3) is 0 Å². The van der Waals surface area contributed by atoms with Crippen LogP contribution in [0, 0.1) is 0 Å². The number of aromatic nitrogens is 2. The van der Waals surface area contributed by atoms with Gasteiger partial charge in [-0.2, -0.15) is 4.98 Å². The predicted octanol–water partition coefficient (Wildman–Crippen LogP) is 1.57. The van der Waals surface area contributed by atoms with Gasteiger partial charge in [0, 0.05) is 43.5 Å². The first-order valence-corrected chi connectivity index (χ1v) is 8.35. The summed E-state index contributed by atoms with van der Waals surface area (Å²) in [7, 11) is 0. The van der Waals surface area contributed by atoms with Crippen molar-refractivity contribution in [1.29, 1.82) is 0 Å². The van der Waals surface area contributed by atoms with Crippen molar-refractivity contribution in [2.75, 3.05) is 24.6 Å². The molecule has 0 amide bonds. The Morgan fingerprint density at radius 2 is 1.96 bits per heavy atom. The van der Waals surface area contributed by atoms with Gasteiger partial charge < -0.3 is 16.8 Å². The van der Waals surface area contributed by atoms with E-state index in [-0.39, 0.29) is 11.5 Å². The molecule has 0 fully saturated rings. The zero-order valence-electron chi connectivity index (χ0n) is 14.4. The van der Waals surface area contributed by atoms with E-state index in [2.05, 4.69) is 58.3 Å². The van der Waals surface area contributed by atoms with E-state index in [1.54, 1.807) is 6.20 Å². The van der Waals surface area contributed by atoms with Crippen LogP contribution in [0.1, 0.15) is 30.5 Å². The third-order valence-corrected chi connectivity index (χ3v) is 4.78. The van der Waals surface area contributed by atoms with E-state index >= 15 is 0 Å². The number of anilines is 2. The van der Waals surface area contributed by atoms with E-state index in [0.717, 1.165) is 31.6 Å². The summed E-state index contributed by atoms with van der Waals surface area (Å²) in [6.07, 6.45) is 2.80. The third kappa shape index (κ3) is 3.66. The fraction of sp³-hybridized carbons (Fsp3) is 0.444. The monoisotopic (exact) mass is 326 g/mol. The lowest BCUT2D eigenvalue weighted by Crippen LogP contribution is -2.52. The molecule has 2 heterocycles. The van der Waals surface area contributed by atoms with Crippen LogP contribution in [-0.2, 0) is 19.5 Å². The highest BCUT2D eigenvalue weighted by Gasteiger charge is 2.29. The molecule has 0 atom stereocenters. The molecule has 6 nitrogen and oxygen atoms in total. The number of fused-ring (bicyclic) bond motifs is 1. The highest BCUT2D eigenvalue weighted by molar-refractivity contribution is 5.41. The second-order valence-corrected chi connectivity index (χ2v) is 6.99. The van der Waals surface area contributed by atoms with Gasteiger partial charge in [0.1, 0.15) is 5.82 Å². The molecule has 0 aliphatic carbocycles. The molecule has 3 rings (SSSR count). The first-order valence-electron chi connectivity index (χ1n) is 8.35. The molecule has 1 aliphatic rings. The second kappa shape index (κ2) is 6.75. The summed E-state index contributed by atoms with van der Waals surface area (Å²) in [6.45, 7) is 8.13. The standard InChI is InChI=1S/C18H26N6/c1-18(2,12-21-9-15-10-22-17(20)23-16(15)19)24-8-7-13-5-3-4-6-14(13)11-24/h3-6,10,21H,7-9,11-12H2,1-2H3,(H4,19,20,22,23). The van der Waals surface area contributed by atoms with Gasteiger partial charge in [0.2, 0.25) is 5.95 Å². The van der Waals surface area contributed by atoms with Gasteiger partial charge >= 0.3 is 0 Å². The largest absolute Gasteiger partial charge is 0.383 e. The topological polar surface area (TPSA) is 93.1 Å². The Hall–Kier alpha value is -2.18. The van der Waals surface area contributed by atoms with Gasteiger partial charge in [0.05, 0.1) is 0 Å². The van der Waals surface area contributed by atoms with Gasteiger partial charge in [-0.25, -0.2) is 4.98 Å². The predicted molar refractivity (Wildman–Crippen MR) is 97.2 cm³/mol. The van der Waals surface area contributed by atoms with Crippen LogP contribution < -0.4 is 16.8 Å². The summed E-state index contributed by atoms with van der Waals surface area (Å²) in [5.41, 5.74) is 15.3. The van der Waals surface area contributed by atoms with Crippen molar-refractivity contribution in [1.82, 2.24) is 20.2 Å². The number of hydrogen-bond donors (Lipinski definition) is 3. The zero-order valence-corrected chi connectivity index (χ0v) is 14.4. The van der Waals surface area contributed by atoms with Crippen LogP contribution in [0.4, 0.5) is 11.8 Å². The highest BCUT2D eigenvalue weighted by Crippen LogP contribution is 2.25. The van der Waals surface area contributed by atoms with Gasteiger partial charge in [-0.05, 0) is 31.4 Å². The number of hydrogen-bond acceptors (Lipinski definition) is 6. The van der Waals surface area contributed by atoms with E-state index in [4.69, 9.17) is 11.5 Å². The minimum Gasteiger partial charge on any atom is -0.383 e. The maximum absolute atomic E-state index is 5.89. The molecule has 0 unspecified atom stereocenters. The van der Waals surface area contributed by atoms with Crippen LogP contribution >= 0.6 is 0 Å². The number of benzene rings is 1. The quantitative estimate of drug-likeness (QED) is 0.772. The summed E-state index contributed by atoms with van der Waals surface area (Å²) >= 11 is 0. The summed E-state index contributed by atoms with van der Waals surface area (Å²) in [4.78, 5) is 10.5. The van der Waals surface area contributed by atoms with E-state index in [1.165, 1.54) is 11.1 Å². The minimum absolute atomic E-state index is 0.0525. The number of rotatable bonds is 5. The molecule has 2 aromatic rings. The maximum atomic E-state index is 5.89. The van der Waals surface area contributed by atoms with Crippen molar-refractivity contribution >= 4 is 11.8 Å². The molecule has 0 radical (unpaired) electrons. The van der Waals surface area contributed by atoms with Crippen molar-refractivity contribution in [2.24, 2.45) is 0 Å². The van der Waals surface area contributed by atoms with Crippen molar-refractivity contribution in [3.8, 4) is 0 Å². The van der Waals surface area contributed by atoms with Crippen molar-refractivity contribution in [2.45, 2.75) is 38.9 Å². The average Bonchev–Trinajstić information content (AvgIpc) is 2.56. The lowest BCUT2D eigenvalue weighted by atomic mass is 9.94. The van der Waals surface area contributed by atoms with Gasteiger partial charge in [-0.1, -0.05) is 24.3 Å². The lowest BCUT2D eigenvalue weighted by molar-refractivity contribution is 0.102. The Kier molecular flexibility index (Phi) is 4.69. The zero-order chi connectivity index (χ0) is 17.2. The van der Waals surface area contributed by atoms with Crippen LogP contribution in [0.5, 0.6) is 0 Å². The molecular weight excluding hydrogens is 300 g/mol. The Labute approximate surface area is 143 Å². The normalized spacial score (nSPS) is 15.2. The summed E-state index contributed by atoms with van der Waals surface area (Å²) in [6, 6.07) is 8.72. The summed E-state index contributed by atoms with van der Waals surface area (Å²) in [5.74, 6) is 0.656. The molecule has 128 valence electrons. The molecule has 5 N–H and O–H groups in total. The molecule has 0 spiro atoms. The fourth-order valence-corrected chi connectivity index (χ4v) is 3.20. The average molecular weight is 326 g/mol. The van der Waals surface area contributed by atoms with E-state index in [1.807, 2.05) is 0 Å². The maximum Gasteiger partial charge on any atom is 0.221 e. The first-order chi connectivity index (χ1) is 11.5. The molecule has 1 aliphatic heterocycles. The smallest absolute Gasteiger partial charge is 0.221 e. The third-order valence-electron chi connectivity index (χ3n) is 4.78. The first kappa shape index (κ1) is 16.7. The van der Waals surface area contributed by atoms with Crippen molar-refractivity contribution in [3.63, 3.8) is 0 Å². The Bertz CT molecular complexity index is 712. The van der Waals surface area contributed by atoms with Crippen LogP contribution in [-0.4, -0.2) is 33.5 Å². The van der Waals surface area contributed by atoms with Crippen molar-refractivity contribution < 1.29 is 0 Å². The van der Waals surface area contributed by atoms with Crippen LogP contribution in [0.15, 0.2) is 30.5 Å². The van der Waals surface area contributed by atoms with Crippen LogP contribution in [0.3, 0.4) is 0 Å². The molecule has 0 bridgehead atoms. The molecule has 1 aromatic carbocycles. The van der Waals surface area contributed by atoms with E-state index < -0.39 is 0 Å². The minimum atomic E-state index is 0.0525. The summed E-state index contributed by atoms with van der Waals surface area (Å²) < 4.78 is 0. The SMILES string of the molecule is CC(C)(CNCc1cnc(N)nc1N)N1CCc2ccccc2C1. The Balaban J connectivity index is 1.58. The van der Waals surface area contributed by atoms with Gasteiger partial charge in [-0.15, -0.1) is 0 Å². The number of nitrogens with one attached hydrogen (secondary N) is 1. The molecule has 1 aromatic heterocycles. The van der Waals surface area contributed by atoms with Gasteiger partial charge in [-0.3, -0.25) is 4.90 Å². The molecule has 0 saturated carbocycles. The molecule has 6 heteroatoms. The highest BCUT2D eigenvalue weighted by atomic mass is 15.2. The molecular formula is C18H26N6. The number of nitrogens with zero attached hydrogens (tertiary/aromatic N) is 3. The van der Waals surface area contributed by atoms with Gasteiger partial charge in [0.15, 0.2) is 0 Å². The summed E-state index contributed by atoms with van der Waals surface area (Å²) in [5, 5.41) is 3.48. The van der Waals surface area contributed by atoms with Crippen LogP contribution in [0.2, 0.25) is 0 Å². The lowest BCUT2D eigenvalue weighted by Gasteiger charge is -2.41. The van der Waals surface area contributed by atoms with Crippen molar-refractivity contribution in [3.05, 3.63) is 47.2 Å². The Morgan fingerprint density at radius 1 is 1.21 bits per heavy atom. The molecule has 24 heavy (non-hydrogen) atoms. The van der Waals surface area contributed by atoms with Crippen LogP contribution in [0.25, 0.3) is 0 Å².